The van der Waals surface area contributed by atoms with Crippen molar-refractivity contribution in [3.05, 3.63) is 11.9 Å². The minimum absolute atomic E-state index is 0.302. The molecular weight excluding hydrogens is 164 g/mol. The maximum absolute atomic E-state index is 5.61. The van der Waals surface area contributed by atoms with E-state index in [9.17, 15) is 0 Å². The van der Waals surface area contributed by atoms with Crippen molar-refractivity contribution >= 4 is 0 Å². The van der Waals surface area contributed by atoms with Crippen LogP contribution in [0.4, 0.5) is 0 Å². The van der Waals surface area contributed by atoms with Gasteiger partial charge in [0.1, 0.15) is 5.69 Å². The average Bonchev–Trinajstić information content (AvgIpc) is 2.47. The Bertz CT molecular complexity index is 298. The molecular formula is C10H16N2O. The number of nitrogens with zero attached hydrogens (tertiary/aromatic N) is 1. The molecule has 0 aliphatic carbocycles. The van der Waals surface area contributed by atoms with Crippen LogP contribution in [0.3, 0.4) is 0 Å². The highest BCUT2D eigenvalue weighted by molar-refractivity contribution is 5.26. The van der Waals surface area contributed by atoms with Crippen molar-refractivity contribution < 1.29 is 4.74 Å². The van der Waals surface area contributed by atoms with Crippen LogP contribution < -0.4 is 4.74 Å². The third-order valence-corrected chi connectivity index (χ3v) is 2.78. The van der Waals surface area contributed by atoms with E-state index in [-0.39, 0.29) is 0 Å². The SMILES string of the molecule is CC(C)(C)C1COc2c[nH]nc2C1. The van der Waals surface area contributed by atoms with Crippen molar-refractivity contribution in [3.63, 3.8) is 0 Å². The van der Waals surface area contributed by atoms with Crippen molar-refractivity contribution in [1.82, 2.24) is 10.2 Å². The van der Waals surface area contributed by atoms with Crippen molar-refractivity contribution in [2.24, 2.45) is 11.3 Å². The fraction of sp³-hybridized carbons (Fsp3) is 0.700. The van der Waals surface area contributed by atoms with E-state index in [1.165, 1.54) is 0 Å². The van der Waals surface area contributed by atoms with E-state index >= 15 is 0 Å². The lowest BCUT2D eigenvalue weighted by atomic mass is 9.78. The second-order valence-electron chi connectivity index (χ2n) is 4.77. The molecule has 0 amide bonds. The molecule has 1 unspecified atom stereocenters. The third-order valence-electron chi connectivity index (χ3n) is 2.78. The Labute approximate surface area is 78.5 Å². The van der Waals surface area contributed by atoms with Crippen molar-refractivity contribution in [2.75, 3.05) is 6.61 Å². The standard InChI is InChI=1S/C10H16N2O/c1-10(2,3)7-4-8-9(13-6-7)5-11-12-8/h5,7H,4,6H2,1-3H3,(H,11,12). The van der Waals surface area contributed by atoms with Crippen molar-refractivity contribution in [2.45, 2.75) is 27.2 Å². The molecule has 0 spiro atoms. The molecule has 1 atom stereocenters. The lowest BCUT2D eigenvalue weighted by Crippen LogP contribution is -2.31. The third kappa shape index (κ3) is 1.55. The molecule has 1 aromatic heterocycles. The number of ether oxygens (including phenoxy) is 1. The largest absolute Gasteiger partial charge is 0.490 e. The number of fused-ring (bicyclic) bond motifs is 1. The van der Waals surface area contributed by atoms with Gasteiger partial charge < -0.3 is 4.74 Å². The van der Waals surface area contributed by atoms with Crippen molar-refractivity contribution in [1.29, 1.82) is 0 Å². The summed E-state index contributed by atoms with van der Waals surface area (Å²) in [7, 11) is 0. The van der Waals surface area contributed by atoms with Gasteiger partial charge in [0.05, 0.1) is 12.8 Å². The summed E-state index contributed by atoms with van der Waals surface area (Å²) >= 11 is 0. The van der Waals surface area contributed by atoms with Gasteiger partial charge >= 0.3 is 0 Å². The van der Waals surface area contributed by atoms with Gasteiger partial charge in [0.15, 0.2) is 5.75 Å². The second kappa shape index (κ2) is 2.76. The van der Waals surface area contributed by atoms with Crippen LogP contribution in [0.1, 0.15) is 26.5 Å². The van der Waals surface area contributed by atoms with E-state index in [1.807, 2.05) is 6.20 Å². The van der Waals surface area contributed by atoms with Gasteiger partial charge in [-0.15, -0.1) is 0 Å². The van der Waals surface area contributed by atoms with Crippen LogP contribution in [0, 0.1) is 11.3 Å². The molecule has 72 valence electrons. The summed E-state index contributed by atoms with van der Waals surface area (Å²) in [6.07, 6.45) is 2.86. The van der Waals surface area contributed by atoms with Gasteiger partial charge in [0.25, 0.3) is 0 Å². The van der Waals surface area contributed by atoms with Gasteiger partial charge in [-0.2, -0.15) is 5.10 Å². The molecule has 1 aliphatic rings. The Morgan fingerprint density at radius 2 is 2.31 bits per heavy atom. The zero-order chi connectivity index (χ0) is 9.47. The van der Waals surface area contributed by atoms with E-state index in [0.717, 1.165) is 24.5 Å². The van der Waals surface area contributed by atoms with Gasteiger partial charge in [0, 0.05) is 12.3 Å². The normalized spacial score (nSPS) is 22.2. The fourth-order valence-corrected chi connectivity index (χ4v) is 1.62. The predicted octanol–water partition coefficient (Wildman–Crippen LogP) is 2.01. The monoisotopic (exact) mass is 180 g/mol. The first-order chi connectivity index (χ1) is 6.07. The highest BCUT2D eigenvalue weighted by Gasteiger charge is 2.30. The van der Waals surface area contributed by atoms with Crippen LogP contribution in [0.15, 0.2) is 6.20 Å². The van der Waals surface area contributed by atoms with Crippen LogP contribution in [0.5, 0.6) is 5.75 Å². The molecule has 0 radical (unpaired) electrons. The number of hydrogen-bond acceptors (Lipinski definition) is 2. The maximum atomic E-state index is 5.61. The Morgan fingerprint density at radius 1 is 1.54 bits per heavy atom. The van der Waals surface area contributed by atoms with Crippen LogP contribution in [0.2, 0.25) is 0 Å². The first-order valence-corrected chi connectivity index (χ1v) is 4.73. The van der Waals surface area contributed by atoms with Gasteiger partial charge in [-0.05, 0) is 5.41 Å². The molecule has 2 rings (SSSR count). The average molecular weight is 180 g/mol. The number of H-pyrrole nitrogens is 1. The molecule has 0 saturated carbocycles. The quantitative estimate of drug-likeness (QED) is 0.663. The lowest BCUT2D eigenvalue weighted by molar-refractivity contribution is 0.126. The minimum Gasteiger partial charge on any atom is -0.490 e. The highest BCUT2D eigenvalue weighted by Crippen LogP contribution is 2.34. The van der Waals surface area contributed by atoms with Gasteiger partial charge in [0.2, 0.25) is 0 Å². The molecule has 0 saturated heterocycles. The van der Waals surface area contributed by atoms with Crippen LogP contribution >= 0.6 is 0 Å². The van der Waals surface area contributed by atoms with Gasteiger partial charge in [-0.3, -0.25) is 5.10 Å². The van der Waals surface area contributed by atoms with Gasteiger partial charge in [-0.25, -0.2) is 0 Å². The fourth-order valence-electron chi connectivity index (χ4n) is 1.62. The molecule has 3 heteroatoms. The Kier molecular flexibility index (Phi) is 1.82. The number of hydrogen-bond donors (Lipinski definition) is 1. The van der Waals surface area contributed by atoms with Crippen LogP contribution in [-0.2, 0) is 6.42 Å². The lowest BCUT2D eigenvalue weighted by Gasteiger charge is -2.32. The van der Waals surface area contributed by atoms with Crippen molar-refractivity contribution in [3.8, 4) is 5.75 Å². The van der Waals surface area contributed by atoms with E-state index in [1.54, 1.807) is 0 Å². The molecule has 0 fully saturated rings. The highest BCUT2D eigenvalue weighted by atomic mass is 16.5. The van der Waals surface area contributed by atoms with Crippen LogP contribution in [-0.4, -0.2) is 16.8 Å². The van der Waals surface area contributed by atoms with Crippen LogP contribution in [0.25, 0.3) is 0 Å². The molecule has 1 N–H and O–H groups in total. The first-order valence-electron chi connectivity index (χ1n) is 4.73. The summed E-state index contributed by atoms with van der Waals surface area (Å²) in [6, 6.07) is 0. The summed E-state index contributed by atoms with van der Waals surface area (Å²) in [5.41, 5.74) is 1.38. The number of nitrogens with one attached hydrogen (secondary N) is 1. The Balaban J connectivity index is 2.18. The minimum atomic E-state index is 0.302. The van der Waals surface area contributed by atoms with E-state index in [2.05, 4.69) is 31.0 Å². The first kappa shape index (κ1) is 8.60. The molecule has 0 bridgehead atoms. The zero-order valence-corrected chi connectivity index (χ0v) is 8.42. The maximum Gasteiger partial charge on any atom is 0.160 e. The summed E-state index contributed by atoms with van der Waals surface area (Å²) in [6.45, 7) is 7.56. The molecule has 1 aliphatic heterocycles. The smallest absolute Gasteiger partial charge is 0.160 e. The molecule has 13 heavy (non-hydrogen) atoms. The van der Waals surface area contributed by atoms with E-state index < -0.39 is 0 Å². The Morgan fingerprint density at radius 3 is 3.00 bits per heavy atom. The number of rotatable bonds is 0. The molecule has 3 nitrogen and oxygen atoms in total. The summed E-state index contributed by atoms with van der Waals surface area (Å²) < 4.78 is 5.61. The topological polar surface area (TPSA) is 37.9 Å². The number of aromatic nitrogens is 2. The summed E-state index contributed by atoms with van der Waals surface area (Å²) in [4.78, 5) is 0. The van der Waals surface area contributed by atoms with E-state index in [4.69, 9.17) is 4.74 Å². The Hall–Kier alpha value is -0.990. The van der Waals surface area contributed by atoms with E-state index in [0.29, 0.717) is 11.3 Å². The molecule has 0 aromatic carbocycles. The number of aromatic amines is 1. The predicted molar refractivity (Wildman–Crippen MR) is 50.7 cm³/mol. The molecule has 2 heterocycles. The second-order valence-corrected chi connectivity index (χ2v) is 4.77. The zero-order valence-electron chi connectivity index (χ0n) is 8.42. The van der Waals surface area contributed by atoms with Gasteiger partial charge in [-0.1, -0.05) is 20.8 Å². The summed E-state index contributed by atoms with van der Waals surface area (Å²) in [5.74, 6) is 1.50. The summed E-state index contributed by atoms with van der Waals surface area (Å²) in [5, 5.41) is 7.01. The molecule has 1 aromatic rings.